The summed E-state index contributed by atoms with van der Waals surface area (Å²) >= 11 is 0. The molecule has 2 nitrogen and oxygen atoms in total. The highest BCUT2D eigenvalue weighted by Gasteiger charge is 2.06. The van der Waals surface area contributed by atoms with Gasteiger partial charge in [0.2, 0.25) is 0 Å². The standard InChI is InChI=1S/C12H10FNOS/c13-10-4-3-6-12(8-10)16(15)9-11-5-1-2-7-14-11/h1-8H,9H2. The number of halogens is 1. The first-order chi connectivity index (χ1) is 7.75. The van der Waals surface area contributed by atoms with E-state index in [4.69, 9.17) is 0 Å². The SMILES string of the molecule is O=S(Cc1ccccn1)c1cccc(F)c1. The zero-order valence-corrected chi connectivity index (χ0v) is 9.28. The molecule has 16 heavy (non-hydrogen) atoms. The monoisotopic (exact) mass is 235 g/mol. The molecular weight excluding hydrogens is 225 g/mol. The molecule has 1 aromatic carbocycles. The Hall–Kier alpha value is -1.55. The summed E-state index contributed by atoms with van der Waals surface area (Å²) in [5.41, 5.74) is 0.741. The average Bonchev–Trinajstić information content (AvgIpc) is 2.30. The largest absolute Gasteiger partial charge is 0.260 e. The maximum Gasteiger partial charge on any atom is 0.124 e. The molecule has 1 heterocycles. The van der Waals surface area contributed by atoms with Crippen molar-refractivity contribution in [2.45, 2.75) is 10.6 Å². The second-order valence-corrected chi connectivity index (χ2v) is 4.72. The fourth-order valence-electron chi connectivity index (χ4n) is 1.31. The third-order valence-corrected chi connectivity index (χ3v) is 3.40. The third kappa shape index (κ3) is 2.73. The van der Waals surface area contributed by atoms with E-state index in [-0.39, 0.29) is 5.82 Å². The minimum Gasteiger partial charge on any atom is -0.260 e. The molecule has 0 N–H and O–H groups in total. The second-order valence-electron chi connectivity index (χ2n) is 3.27. The van der Waals surface area contributed by atoms with E-state index >= 15 is 0 Å². The second kappa shape index (κ2) is 4.99. The van der Waals surface area contributed by atoms with E-state index in [1.165, 1.54) is 12.1 Å². The van der Waals surface area contributed by atoms with Crippen LogP contribution in [0.3, 0.4) is 0 Å². The number of benzene rings is 1. The first-order valence-electron chi connectivity index (χ1n) is 4.79. The Morgan fingerprint density at radius 2 is 2.06 bits per heavy atom. The molecule has 2 rings (SSSR count). The van der Waals surface area contributed by atoms with Gasteiger partial charge in [-0.25, -0.2) is 4.39 Å². The van der Waals surface area contributed by atoms with E-state index in [0.29, 0.717) is 10.6 Å². The summed E-state index contributed by atoms with van der Waals surface area (Å²) in [7, 11) is -1.25. The molecule has 0 saturated heterocycles. The van der Waals surface area contributed by atoms with Gasteiger partial charge in [0, 0.05) is 11.1 Å². The van der Waals surface area contributed by atoms with Crippen LogP contribution in [0.5, 0.6) is 0 Å². The van der Waals surface area contributed by atoms with Gasteiger partial charge >= 0.3 is 0 Å². The Morgan fingerprint density at radius 1 is 1.19 bits per heavy atom. The lowest BCUT2D eigenvalue weighted by Gasteiger charge is -2.01. The molecule has 0 spiro atoms. The Morgan fingerprint density at radius 3 is 2.75 bits per heavy atom. The number of pyridine rings is 1. The molecule has 0 bridgehead atoms. The van der Waals surface area contributed by atoms with Gasteiger partial charge in [0.05, 0.1) is 22.2 Å². The van der Waals surface area contributed by atoms with Crippen molar-refractivity contribution in [2.75, 3.05) is 0 Å². The van der Waals surface area contributed by atoms with Gasteiger partial charge in [-0.05, 0) is 30.3 Å². The van der Waals surface area contributed by atoms with Crippen LogP contribution in [-0.2, 0) is 16.6 Å². The van der Waals surface area contributed by atoms with Gasteiger partial charge in [-0.15, -0.1) is 0 Å². The van der Waals surface area contributed by atoms with Crippen molar-refractivity contribution in [2.24, 2.45) is 0 Å². The van der Waals surface area contributed by atoms with E-state index < -0.39 is 10.8 Å². The van der Waals surface area contributed by atoms with Crippen LogP contribution in [0, 0.1) is 5.82 Å². The van der Waals surface area contributed by atoms with Gasteiger partial charge < -0.3 is 0 Å². The molecule has 4 heteroatoms. The number of aromatic nitrogens is 1. The molecule has 0 aliphatic heterocycles. The molecule has 0 fully saturated rings. The van der Waals surface area contributed by atoms with Crippen LogP contribution in [0.25, 0.3) is 0 Å². The minimum atomic E-state index is -1.25. The lowest BCUT2D eigenvalue weighted by atomic mass is 10.3. The van der Waals surface area contributed by atoms with Crippen LogP contribution < -0.4 is 0 Å². The molecule has 2 aromatic rings. The minimum absolute atomic E-state index is 0.310. The predicted molar refractivity (Wildman–Crippen MR) is 60.7 cm³/mol. The summed E-state index contributed by atoms with van der Waals surface area (Å²) in [6.45, 7) is 0. The summed E-state index contributed by atoms with van der Waals surface area (Å²) in [5.74, 6) is -0.0588. The highest BCUT2D eigenvalue weighted by Crippen LogP contribution is 2.12. The topological polar surface area (TPSA) is 30.0 Å². The van der Waals surface area contributed by atoms with Crippen molar-refractivity contribution in [3.8, 4) is 0 Å². The summed E-state index contributed by atoms with van der Waals surface area (Å²) in [6.07, 6.45) is 1.65. The maximum atomic E-state index is 12.9. The third-order valence-electron chi connectivity index (χ3n) is 2.06. The molecule has 0 radical (unpaired) electrons. The van der Waals surface area contributed by atoms with Crippen LogP contribution in [0.4, 0.5) is 4.39 Å². The zero-order chi connectivity index (χ0) is 11.4. The number of nitrogens with zero attached hydrogens (tertiary/aromatic N) is 1. The van der Waals surface area contributed by atoms with Crippen molar-refractivity contribution in [3.63, 3.8) is 0 Å². The van der Waals surface area contributed by atoms with Crippen LogP contribution in [0.2, 0.25) is 0 Å². The first kappa shape index (κ1) is 11.0. The molecular formula is C12H10FNOS. The van der Waals surface area contributed by atoms with Crippen LogP contribution >= 0.6 is 0 Å². The van der Waals surface area contributed by atoms with Gasteiger partial charge in [0.25, 0.3) is 0 Å². The Balaban J connectivity index is 2.15. The predicted octanol–water partition coefficient (Wildman–Crippen LogP) is 2.53. The highest BCUT2D eigenvalue weighted by molar-refractivity contribution is 7.84. The zero-order valence-electron chi connectivity index (χ0n) is 8.47. The lowest BCUT2D eigenvalue weighted by molar-refractivity contribution is 0.622. The molecule has 1 aromatic heterocycles. The summed E-state index contributed by atoms with van der Waals surface area (Å²) < 4.78 is 24.8. The van der Waals surface area contributed by atoms with Crippen LogP contribution in [0.1, 0.15) is 5.69 Å². The van der Waals surface area contributed by atoms with Gasteiger partial charge in [-0.2, -0.15) is 0 Å². The highest BCUT2D eigenvalue weighted by atomic mass is 32.2. The van der Waals surface area contributed by atoms with Crippen molar-refractivity contribution in [1.29, 1.82) is 0 Å². The molecule has 0 amide bonds. The summed E-state index contributed by atoms with van der Waals surface area (Å²) in [6, 6.07) is 11.3. The quantitative estimate of drug-likeness (QED) is 0.818. The van der Waals surface area contributed by atoms with E-state index in [9.17, 15) is 8.60 Å². The van der Waals surface area contributed by atoms with E-state index in [1.807, 2.05) is 6.07 Å². The number of hydrogen-bond donors (Lipinski definition) is 0. The van der Waals surface area contributed by atoms with Gasteiger partial charge in [0.15, 0.2) is 0 Å². The summed E-state index contributed by atoms with van der Waals surface area (Å²) in [5, 5.41) is 0. The molecule has 0 aliphatic rings. The maximum absolute atomic E-state index is 12.9. The normalized spacial score (nSPS) is 12.3. The van der Waals surface area contributed by atoms with Crippen LogP contribution in [0.15, 0.2) is 53.6 Å². The average molecular weight is 235 g/mol. The summed E-state index contributed by atoms with van der Waals surface area (Å²) in [4.78, 5) is 4.57. The van der Waals surface area contributed by atoms with Crippen molar-refractivity contribution >= 4 is 10.8 Å². The van der Waals surface area contributed by atoms with Crippen molar-refractivity contribution < 1.29 is 8.60 Å². The molecule has 1 unspecified atom stereocenters. The lowest BCUT2D eigenvalue weighted by Crippen LogP contribution is -1.98. The van der Waals surface area contributed by atoms with E-state index in [0.717, 1.165) is 5.69 Å². The molecule has 1 atom stereocenters. The van der Waals surface area contributed by atoms with E-state index in [1.54, 1.807) is 30.5 Å². The Labute approximate surface area is 95.6 Å². The number of rotatable bonds is 3. The molecule has 0 aliphatic carbocycles. The van der Waals surface area contributed by atoms with E-state index in [2.05, 4.69) is 4.98 Å². The Kier molecular flexibility index (Phi) is 3.41. The van der Waals surface area contributed by atoms with Crippen molar-refractivity contribution in [1.82, 2.24) is 4.98 Å². The van der Waals surface area contributed by atoms with Gasteiger partial charge in [-0.1, -0.05) is 12.1 Å². The number of hydrogen-bond acceptors (Lipinski definition) is 2. The van der Waals surface area contributed by atoms with Gasteiger partial charge in [-0.3, -0.25) is 9.19 Å². The van der Waals surface area contributed by atoms with Crippen LogP contribution in [-0.4, -0.2) is 9.19 Å². The molecule has 0 saturated carbocycles. The molecule has 82 valence electrons. The first-order valence-corrected chi connectivity index (χ1v) is 6.11. The Bertz CT molecular complexity index is 501. The fraction of sp³-hybridized carbons (Fsp3) is 0.0833. The van der Waals surface area contributed by atoms with Gasteiger partial charge in [0.1, 0.15) is 5.82 Å². The van der Waals surface area contributed by atoms with Crippen molar-refractivity contribution in [3.05, 3.63) is 60.2 Å². The fourth-order valence-corrected chi connectivity index (χ4v) is 2.39. The smallest absolute Gasteiger partial charge is 0.124 e.